The summed E-state index contributed by atoms with van der Waals surface area (Å²) in [7, 11) is 0. The van der Waals surface area contributed by atoms with Crippen LogP contribution in [0.25, 0.3) is 0 Å². The molecule has 0 aromatic heterocycles. The molecule has 0 spiro atoms. The maximum atomic E-state index is 12.7. The average Bonchev–Trinajstić information content (AvgIpc) is 3.30. The van der Waals surface area contributed by atoms with Gasteiger partial charge in [0, 0.05) is 22.7 Å². The van der Waals surface area contributed by atoms with Crippen LogP contribution in [0.3, 0.4) is 0 Å². The van der Waals surface area contributed by atoms with Crippen molar-refractivity contribution in [3.05, 3.63) is 63.6 Å². The highest BCUT2D eigenvalue weighted by Gasteiger charge is 2.23. The van der Waals surface area contributed by atoms with Crippen molar-refractivity contribution in [3.63, 3.8) is 0 Å². The lowest BCUT2D eigenvalue weighted by molar-refractivity contribution is 0.103. The second-order valence-electron chi connectivity index (χ2n) is 5.33. The molecule has 21 heavy (non-hydrogen) atoms. The highest BCUT2D eigenvalue weighted by Crippen LogP contribution is 2.34. The average molecular weight is 320 g/mol. The van der Waals surface area contributed by atoms with Crippen LogP contribution in [0.4, 0.5) is 5.69 Å². The SMILES string of the molecule is O=C(c1ccccc1)c1cc(Cl)cc(Cl)c1NCC1CC1. The Morgan fingerprint density at radius 2 is 1.86 bits per heavy atom. The van der Waals surface area contributed by atoms with Gasteiger partial charge in [-0.3, -0.25) is 4.79 Å². The first-order chi connectivity index (χ1) is 10.1. The third kappa shape index (κ3) is 3.39. The van der Waals surface area contributed by atoms with E-state index in [9.17, 15) is 4.79 Å². The van der Waals surface area contributed by atoms with Crippen LogP contribution >= 0.6 is 23.2 Å². The summed E-state index contributed by atoms with van der Waals surface area (Å²) in [4.78, 5) is 12.7. The number of nitrogens with one attached hydrogen (secondary N) is 1. The Labute approximate surface area is 134 Å². The maximum absolute atomic E-state index is 12.7. The molecule has 1 N–H and O–H groups in total. The van der Waals surface area contributed by atoms with Gasteiger partial charge in [0.2, 0.25) is 0 Å². The van der Waals surface area contributed by atoms with E-state index in [1.807, 2.05) is 18.2 Å². The second kappa shape index (κ2) is 6.08. The first-order valence-electron chi connectivity index (χ1n) is 6.98. The van der Waals surface area contributed by atoms with Crippen LogP contribution in [0.1, 0.15) is 28.8 Å². The topological polar surface area (TPSA) is 29.1 Å². The van der Waals surface area contributed by atoms with Gasteiger partial charge in [-0.25, -0.2) is 0 Å². The Hall–Kier alpha value is -1.51. The number of carbonyl (C=O) groups excluding carboxylic acids is 1. The molecule has 0 saturated heterocycles. The summed E-state index contributed by atoms with van der Waals surface area (Å²) in [5.41, 5.74) is 1.84. The Kier molecular flexibility index (Phi) is 4.18. The summed E-state index contributed by atoms with van der Waals surface area (Å²) in [6.07, 6.45) is 2.47. The number of anilines is 1. The van der Waals surface area contributed by atoms with Crippen LogP contribution in [-0.4, -0.2) is 12.3 Å². The molecule has 0 aliphatic heterocycles. The minimum Gasteiger partial charge on any atom is -0.383 e. The van der Waals surface area contributed by atoms with Crippen molar-refractivity contribution >= 4 is 34.7 Å². The number of carbonyl (C=O) groups is 1. The highest BCUT2D eigenvalue weighted by atomic mass is 35.5. The van der Waals surface area contributed by atoms with E-state index in [1.54, 1.807) is 24.3 Å². The van der Waals surface area contributed by atoms with E-state index in [0.29, 0.717) is 32.8 Å². The fraction of sp³-hybridized carbons (Fsp3) is 0.235. The van der Waals surface area contributed by atoms with E-state index in [-0.39, 0.29) is 5.78 Å². The van der Waals surface area contributed by atoms with Crippen LogP contribution in [0, 0.1) is 5.92 Å². The monoisotopic (exact) mass is 319 g/mol. The van der Waals surface area contributed by atoms with E-state index >= 15 is 0 Å². The lowest BCUT2D eigenvalue weighted by atomic mass is 10.0. The summed E-state index contributed by atoms with van der Waals surface area (Å²) in [5.74, 6) is 0.620. The Balaban J connectivity index is 1.96. The van der Waals surface area contributed by atoms with Gasteiger partial charge in [-0.1, -0.05) is 53.5 Å². The van der Waals surface area contributed by atoms with Gasteiger partial charge in [-0.2, -0.15) is 0 Å². The number of rotatable bonds is 5. The van der Waals surface area contributed by atoms with E-state index in [0.717, 1.165) is 6.54 Å². The van der Waals surface area contributed by atoms with Crippen molar-refractivity contribution in [1.82, 2.24) is 0 Å². The molecule has 3 rings (SSSR count). The Morgan fingerprint density at radius 1 is 1.14 bits per heavy atom. The van der Waals surface area contributed by atoms with E-state index in [4.69, 9.17) is 23.2 Å². The van der Waals surface area contributed by atoms with Crippen LogP contribution in [0.5, 0.6) is 0 Å². The highest BCUT2D eigenvalue weighted by molar-refractivity contribution is 6.38. The molecule has 2 aromatic carbocycles. The third-order valence-corrected chi connectivity index (χ3v) is 4.12. The Bertz CT molecular complexity index is 666. The number of hydrogen-bond acceptors (Lipinski definition) is 2. The van der Waals surface area contributed by atoms with Crippen molar-refractivity contribution in [2.75, 3.05) is 11.9 Å². The minimum absolute atomic E-state index is 0.0710. The van der Waals surface area contributed by atoms with Gasteiger partial charge in [-0.15, -0.1) is 0 Å². The van der Waals surface area contributed by atoms with Gasteiger partial charge in [0.25, 0.3) is 0 Å². The number of benzene rings is 2. The molecule has 108 valence electrons. The summed E-state index contributed by atoms with van der Waals surface area (Å²) in [6.45, 7) is 0.844. The summed E-state index contributed by atoms with van der Waals surface area (Å²) in [5, 5.41) is 4.27. The molecule has 1 aliphatic rings. The van der Waals surface area contributed by atoms with Gasteiger partial charge in [0.15, 0.2) is 5.78 Å². The first-order valence-corrected chi connectivity index (χ1v) is 7.73. The molecule has 0 atom stereocenters. The second-order valence-corrected chi connectivity index (χ2v) is 6.17. The molecule has 1 aliphatic carbocycles. The molecular formula is C17H15Cl2NO. The minimum atomic E-state index is -0.0710. The number of ketones is 1. The molecule has 0 unspecified atom stereocenters. The first kappa shape index (κ1) is 14.4. The van der Waals surface area contributed by atoms with Gasteiger partial charge in [0.05, 0.1) is 10.7 Å². The molecule has 2 aromatic rings. The van der Waals surface area contributed by atoms with E-state index in [2.05, 4.69) is 5.32 Å². The normalized spacial score (nSPS) is 14.0. The van der Waals surface area contributed by atoms with Crippen molar-refractivity contribution in [2.45, 2.75) is 12.8 Å². The lowest BCUT2D eigenvalue weighted by Gasteiger charge is -2.14. The predicted molar refractivity (Wildman–Crippen MR) is 87.6 cm³/mol. The van der Waals surface area contributed by atoms with Crippen LogP contribution in [0.15, 0.2) is 42.5 Å². The molecular weight excluding hydrogens is 305 g/mol. The number of hydrogen-bond donors (Lipinski definition) is 1. The van der Waals surface area contributed by atoms with Crippen LogP contribution in [-0.2, 0) is 0 Å². The summed E-state index contributed by atoms with van der Waals surface area (Å²) >= 11 is 12.3. The van der Waals surface area contributed by atoms with Gasteiger partial charge in [0.1, 0.15) is 0 Å². The predicted octanol–water partition coefficient (Wildman–Crippen LogP) is 5.05. The molecule has 0 heterocycles. The van der Waals surface area contributed by atoms with Crippen molar-refractivity contribution in [3.8, 4) is 0 Å². The summed E-state index contributed by atoms with van der Waals surface area (Å²) < 4.78 is 0. The fourth-order valence-electron chi connectivity index (χ4n) is 2.25. The van der Waals surface area contributed by atoms with E-state index < -0.39 is 0 Å². The Morgan fingerprint density at radius 3 is 2.52 bits per heavy atom. The zero-order chi connectivity index (χ0) is 14.8. The molecule has 2 nitrogen and oxygen atoms in total. The smallest absolute Gasteiger partial charge is 0.195 e. The van der Waals surface area contributed by atoms with E-state index in [1.165, 1.54) is 12.8 Å². The molecule has 1 saturated carbocycles. The molecule has 1 fully saturated rings. The summed E-state index contributed by atoms with van der Waals surface area (Å²) in [6, 6.07) is 12.5. The lowest BCUT2D eigenvalue weighted by Crippen LogP contribution is -2.10. The largest absolute Gasteiger partial charge is 0.383 e. The van der Waals surface area contributed by atoms with Gasteiger partial charge in [-0.05, 0) is 30.9 Å². The fourth-order valence-corrected chi connectivity index (χ4v) is 2.81. The van der Waals surface area contributed by atoms with Crippen LogP contribution < -0.4 is 5.32 Å². The molecule has 4 heteroatoms. The van der Waals surface area contributed by atoms with Crippen molar-refractivity contribution in [2.24, 2.45) is 5.92 Å². The molecule has 0 amide bonds. The third-order valence-electron chi connectivity index (χ3n) is 3.60. The zero-order valence-electron chi connectivity index (χ0n) is 11.4. The standard InChI is InChI=1S/C17H15Cl2NO/c18-13-8-14(17(21)12-4-2-1-3-5-12)16(15(19)9-13)20-10-11-6-7-11/h1-5,8-9,11,20H,6-7,10H2. The van der Waals surface area contributed by atoms with Gasteiger partial charge < -0.3 is 5.32 Å². The van der Waals surface area contributed by atoms with Gasteiger partial charge >= 0.3 is 0 Å². The van der Waals surface area contributed by atoms with Crippen molar-refractivity contribution < 1.29 is 4.79 Å². The quantitative estimate of drug-likeness (QED) is 0.781. The number of halogens is 2. The van der Waals surface area contributed by atoms with Crippen molar-refractivity contribution in [1.29, 1.82) is 0 Å². The molecule has 0 radical (unpaired) electrons. The van der Waals surface area contributed by atoms with Crippen LogP contribution in [0.2, 0.25) is 10.0 Å². The molecule has 0 bridgehead atoms. The maximum Gasteiger partial charge on any atom is 0.195 e. The zero-order valence-corrected chi connectivity index (χ0v) is 12.9.